The van der Waals surface area contributed by atoms with Gasteiger partial charge in [-0.15, -0.1) is 0 Å². The molecule has 0 aliphatic heterocycles. The average molecular weight is 133 g/mol. The van der Waals surface area contributed by atoms with E-state index < -0.39 is 12.5 Å². The van der Waals surface area contributed by atoms with E-state index in [2.05, 4.69) is 5.32 Å². The molecule has 0 aliphatic rings. The van der Waals surface area contributed by atoms with Gasteiger partial charge in [0.15, 0.2) is 0 Å². The van der Waals surface area contributed by atoms with Crippen molar-refractivity contribution < 1.29 is 10.2 Å². The standard InChI is InChI=1S/C6H15NO2/c1-4(2)6(9)7-5(3)8/h4-9H,1-3H3. The third-order valence-corrected chi connectivity index (χ3v) is 1.04. The Morgan fingerprint density at radius 1 is 1.11 bits per heavy atom. The Labute approximate surface area is 55.7 Å². The molecule has 0 aromatic heterocycles. The lowest BCUT2D eigenvalue weighted by Crippen LogP contribution is -2.39. The summed E-state index contributed by atoms with van der Waals surface area (Å²) in [4.78, 5) is 0. The summed E-state index contributed by atoms with van der Waals surface area (Å²) in [5.74, 6) is 0.139. The van der Waals surface area contributed by atoms with Crippen LogP contribution in [0.5, 0.6) is 0 Å². The van der Waals surface area contributed by atoms with E-state index >= 15 is 0 Å². The molecule has 2 unspecified atom stereocenters. The van der Waals surface area contributed by atoms with Crippen molar-refractivity contribution in [3.8, 4) is 0 Å². The molecule has 0 saturated carbocycles. The van der Waals surface area contributed by atoms with Crippen LogP contribution in [0.15, 0.2) is 0 Å². The zero-order chi connectivity index (χ0) is 7.44. The van der Waals surface area contributed by atoms with E-state index in [4.69, 9.17) is 10.2 Å². The largest absolute Gasteiger partial charge is 0.379 e. The Morgan fingerprint density at radius 2 is 1.56 bits per heavy atom. The van der Waals surface area contributed by atoms with Crippen LogP contribution in [-0.2, 0) is 0 Å². The zero-order valence-corrected chi connectivity index (χ0v) is 6.13. The Morgan fingerprint density at radius 3 is 1.67 bits per heavy atom. The Bertz CT molecular complexity index is 73.5. The normalized spacial score (nSPS) is 18.0. The molecule has 0 aliphatic carbocycles. The summed E-state index contributed by atoms with van der Waals surface area (Å²) in [7, 11) is 0. The van der Waals surface area contributed by atoms with Crippen LogP contribution in [0.4, 0.5) is 0 Å². The van der Waals surface area contributed by atoms with Gasteiger partial charge < -0.3 is 10.2 Å². The van der Waals surface area contributed by atoms with E-state index in [1.54, 1.807) is 6.92 Å². The van der Waals surface area contributed by atoms with Gasteiger partial charge in [0.1, 0.15) is 12.5 Å². The second-order valence-corrected chi connectivity index (χ2v) is 2.53. The SMILES string of the molecule is CC(O)NC(O)C(C)C. The molecule has 2 atom stereocenters. The third-order valence-electron chi connectivity index (χ3n) is 1.04. The van der Waals surface area contributed by atoms with Crippen molar-refractivity contribution in [3.63, 3.8) is 0 Å². The van der Waals surface area contributed by atoms with Crippen molar-refractivity contribution in [1.82, 2.24) is 5.32 Å². The molecule has 0 fully saturated rings. The van der Waals surface area contributed by atoms with Gasteiger partial charge in [-0.2, -0.15) is 0 Å². The maximum atomic E-state index is 9.03. The smallest absolute Gasteiger partial charge is 0.109 e. The van der Waals surface area contributed by atoms with Crippen molar-refractivity contribution in [2.24, 2.45) is 5.92 Å². The Balaban J connectivity index is 3.38. The minimum Gasteiger partial charge on any atom is -0.379 e. The van der Waals surface area contributed by atoms with Gasteiger partial charge in [-0.1, -0.05) is 13.8 Å². The van der Waals surface area contributed by atoms with Gasteiger partial charge >= 0.3 is 0 Å². The van der Waals surface area contributed by atoms with Gasteiger partial charge in [-0.05, 0) is 12.8 Å². The van der Waals surface area contributed by atoms with Crippen molar-refractivity contribution in [2.45, 2.75) is 33.2 Å². The van der Waals surface area contributed by atoms with E-state index in [1.807, 2.05) is 13.8 Å². The van der Waals surface area contributed by atoms with Crippen LogP contribution in [0.1, 0.15) is 20.8 Å². The molecule has 0 rings (SSSR count). The lowest BCUT2D eigenvalue weighted by Gasteiger charge is -2.17. The lowest BCUT2D eigenvalue weighted by molar-refractivity contribution is 0.0251. The second-order valence-electron chi connectivity index (χ2n) is 2.53. The topological polar surface area (TPSA) is 52.5 Å². The van der Waals surface area contributed by atoms with Crippen LogP contribution in [0.3, 0.4) is 0 Å². The van der Waals surface area contributed by atoms with Crippen LogP contribution in [-0.4, -0.2) is 22.7 Å². The van der Waals surface area contributed by atoms with Crippen LogP contribution < -0.4 is 5.32 Å². The minimum absolute atomic E-state index is 0.139. The number of rotatable bonds is 3. The molecule has 0 radical (unpaired) electrons. The van der Waals surface area contributed by atoms with Crippen molar-refractivity contribution >= 4 is 0 Å². The van der Waals surface area contributed by atoms with Gasteiger partial charge in [-0.25, -0.2) is 0 Å². The predicted molar refractivity (Wildman–Crippen MR) is 35.7 cm³/mol. The van der Waals surface area contributed by atoms with Crippen molar-refractivity contribution in [2.75, 3.05) is 0 Å². The summed E-state index contributed by atoms with van der Waals surface area (Å²) in [6, 6.07) is 0. The molecular formula is C6H15NO2. The molecule has 0 aromatic rings. The van der Waals surface area contributed by atoms with Crippen LogP contribution in [0.2, 0.25) is 0 Å². The molecule has 3 nitrogen and oxygen atoms in total. The highest BCUT2D eigenvalue weighted by Gasteiger charge is 2.08. The van der Waals surface area contributed by atoms with Gasteiger partial charge in [0.2, 0.25) is 0 Å². The molecule has 0 amide bonds. The minimum atomic E-state index is -0.637. The number of hydrogen-bond donors (Lipinski definition) is 3. The highest BCUT2D eigenvalue weighted by molar-refractivity contribution is 4.56. The summed E-state index contributed by atoms with van der Waals surface area (Å²) in [5, 5.41) is 20.3. The van der Waals surface area contributed by atoms with Crippen LogP contribution >= 0.6 is 0 Å². The zero-order valence-electron chi connectivity index (χ0n) is 6.13. The quantitative estimate of drug-likeness (QED) is 0.471. The Hall–Kier alpha value is -0.120. The molecule has 0 bridgehead atoms. The van der Waals surface area contributed by atoms with Crippen LogP contribution in [0.25, 0.3) is 0 Å². The first-order valence-corrected chi connectivity index (χ1v) is 3.16. The number of nitrogens with one attached hydrogen (secondary N) is 1. The first-order chi connectivity index (χ1) is 4.04. The number of hydrogen-bond acceptors (Lipinski definition) is 3. The van der Waals surface area contributed by atoms with Crippen LogP contribution in [0, 0.1) is 5.92 Å². The summed E-state index contributed by atoms with van der Waals surface area (Å²) in [6.07, 6.45) is -1.24. The van der Waals surface area contributed by atoms with Gasteiger partial charge in [-0.3, -0.25) is 5.32 Å². The number of aliphatic hydroxyl groups excluding tert-OH is 2. The molecule has 3 N–H and O–H groups in total. The summed E-state index contributed by atoms with van der Waals surface area (Å²) < 4.78 is 0. The van der Waals surface area contributed by atoms with Crippen molar-refractivity contribution in [3.05, 3.63) is 0 Å². The maximum Gasteiger partial charge on any atom is 0.109 e. The lowest BCUT2D eigenvalue weighted by atomic mass is 10.2. The number of aliphatic hydroxyl groups is 2. The van der Waals surface area contributed by atoms with Gasteiger partial charge in [0, 0.05) is 0 Å². The molecule has 0 spiro atoms. The van der Waals surface area contributed by atoms with E-state index in [-0.39, 0.29) is 5.92 Å². The highest BCUT2D eigenvalue weighted by atomic mass is 16.3. The third kappa shape index (κ3) is 4.39. The van der Waals surface area contributed by atoms with Gasteiger partial charge in [0.25, 0.3) is 0 Å². The second kappa shape index (κ2) is 3.82. The Kier molecular flexibility index (Phi) is 3.77. The fraction of sp³-hybridized carbons (Fsp3) is 1.00. The summed E-state index contributed by atoms with van der Waals surface area (Å²) in [6.45, 7) is 5.33. The first kappa shape index (κ1) is 8.88. The molecular weight excluding hydrogens is 118 g/mol. The fourth-order valence-electron chi connectivity index (χ4n) is 0.440. The highest BCUT2D eigenvalue weighted by Crippen LogP contribution is 1.96. The van der Waals surface area contributed by atoms with Gasteiger partial charge in [0.05, 0.1) is 0 Å². The molecule has 0 heterocycles. The molecule has 0 aromatic carbocycles. The molecule has 0 saturated heterocycles. The monoisotopic (exact) mass is 133 g/mol. The van der Waals surface area contributed by atoms with E-state index in [0.717, 1.165) is 0 Å². The molecule has 3 heteroatoms. The summed E-state index contributed by atoms with van der Waals surface area (Å²) in [5.41, 5.74) is 0. The predicted octanol–water partition coefficient (Wildman–Crippen LogP) is -0.111. The van der Waals surface area contributed by atoms with Crippen molar-refractivity contribution in [1.29, 1.82) is 0 Å². The summed E-state index contributed by atoms with van der Waals surface area (Å²) >= 11 is 0. The maximum absolute atomic E-state index is 9.03. The molecule has 9 heavy (non-hydrogen) atoms. The van der Waals surface area contributed by atoms with E-state index in [0.29, 0.717) is 0 Å². The average Bonchev–Trinajstić information content (AvgIpc) is 1.63. The molecule has 56 valence electrons. The first-order valence-electron chi connectivity index (χ1n) is 3.16. The van der Waals surface area contributed by atoms with E-state index in [1.165, 1.54) is 0 Å². The fourth-order valence-corrected chi connectivity index (χ4v) is 0.440. The van der Waals surface area contributed by atoms with E-state index in [9.17, 15) is 0 Å².